The highest BCUT2D eigenvalue weighted by molar-refractivity contribution is 7.90. The van der Waals surface area contributed by atoms with Crippen molar-refractivity contribution in [1.82, 2.24) is 4.72 Å². The van der Waals surface area contributed by atoms with Crippen molar-refractivity contribution in [1.29, 1.82) is 0 Å². The Morgan fingerprint density at radius 2 is 2.04 bits per heavy atom. The van der Waals surface area contributed by atoms with Gasteiger partial charge in [-0.05, 0) is 38.0 Å². The van der Waals surface area contributed by atoms with Crippen LogP contribution in [-0.2, 0) is 19.6 Å². The van der Waals surface area contributed by atoms with Gasteiger partial charge < -0.3 is 9.84 Å². The molecule has 0 amide bonds. The summed E-state index contributed by atoms with van der Waals surface area (Å²) in [5.74, 6) is -1.62. The lowest BCUT2D eigenvalue weighted by atomic mass is 10.1. The number of carboxylic acids is 1. The van der Waals surface area contributed by atoms with Gasteiger partial charge in [0.2, 0.25) is 10.0 Å². The van der Waals surface area contributed by atoms with Crippen LogP contribution in [0.4, 0.5) is 4.39 Å². The van der Waals surface area contributed by atoms with Crippen LogP contribution in [0, 0.1) is 5.82 Å². The van der Waals surface area contributed by atoms with E-state index in [0.717, 1.165) is 0 Å². The molecule has 1 saturated heterocycles. The summed E-state index contributed by atoms with van der Waals surface area (Å²) in [6.45, 7) is 3.67. The summed E-state index contributed by atoms with van der Waals surface area (Å²) in [6, 6.07) is 4.13. The van der Waals surface area contributed by atoms with E-state index in [1.54, 1.807) is 13.8 Å². The van der Waals surface area contributed by atoms with Crippen molar-refractivity contribution in [3.05, 3.63) is 35.6 Å². The van der Waals surface area contributed by atoms with Crippen LogP contribution in [0.5, 0.6) is 0 Å². The van der Waals surface area contributed by atoms with Gasteiger partial charge in [0.05, 0.1) is 24.7 Å². The highest BCUT2D eigenvalue weighted by Gasteiger charge is 2.40. The normalized spacial score (nSPS) is 22.0. The lowest BCUT2D eigenvalue weighted by Crippen LogP contribution is -2.38. The van der Waals surface area contributed by atoms with Crippen molar-refractivity contribution in [3.63, 3.8) is 0 Å². The van der Waals surface area contributed by atoms with Crippen LogP contribution in [0.15, 0.2) is 24.3 Å². The number of ether oxygens (including phenoxy) is 1. The van der Waals surface area contributed by atoms with E-state index in [1.165, 1.54) is 24.3 Å². The molecular weight excluding hydrogens is 325 g/mol. The summed E-state index contributed by atoms with van der Waals surface area (Å²) < 4.78 is 45.9. The second-order valence-corrected chi connectivity index (χ2v) is 8.25. The molecule has 1 heterocycles. The first-order valence-electron chi connectivity index (χ1n) is 7.21. The smallest absolute Gasteiger partial charge is 0.305 e. The Morgan fingerprint density at radius 3 is 2.52 bits per heavy atom. The first kappa shape index (κ1) is 17.8. The average Bonchev–Trinajstić information content (AvgIpc) is 2.79. The van der Waals surface area contributed by atoms with Crippen LogP contribution in [0.3, 0.4) is 0 Å². The lowest BCUT2D eigenvalue weighted by Gasteiger charge is -2.20. The van der Waals surface area contributed by atoms with Crippen molar-refractivity contribution < 1.29 is 27.4 Å². The van der Waals surface area contributed by atoms with E-state index in [-0.39, 0.29) is 6.61 Å². The Labute approximate surface area is 134 Å². The van der Waals surface area contributed by atoms with Gasteiger partial charge in [0, 0.05) is 0 Å². The zero-order valence-corrected chi connectivity index (χ0v) is 13.8. The number of hydrogen-bond donors (Lipinski definition) is 2. The molecule has 128 valence electrons. The Hall–Kier alpha value is -1.51. The molecule has 2 N–H and O–H groups in total. The van der Waals surface area contributed by atoms with E-state index in [4.69, 9.17) is 9.84 Å². The molecular formula is C15H20FNO5S. The minimum atomic E-state index is -3.77. The van der Waals surface area contributed by atoms with Gasteiger partial charge in [-0.15, -0.1) is 0 Å². The molecule has 0 bridgehead atoms. The van der Waals surface area contributed by atoms with Gasteiger partial charge in [-0.3, -0.25) is 4.79 Å². The van der Waals surface area contributed by atoms with E-state index < -0.39 is 45.1 Å². The number of aliphatic carboxylic acids is 1. The molecule has 1 aromatic rings. The summed E-state index contributed by atoms with van der Waals surface area (Å²) in [4.78, 5) is 11.0. The van der Waals surface area contributed by atoms with Crippen molar-refractivity contribution in [2.45, 2.75) is 43.6 Å². The molecule has 2 unspecified atom stereocenters. The third kappa shape index (κ3) is 4.73. The SMILES string of the molecule is CC1(C)CC(S(=O)(=O)NC(CC(=O)O)c2ccc(F)cc2)CO1. The molecule has 0 radical (unpaired) electrons. The predicted octanol–water partition coefficient (Wildman–Crippen LogP) is 1.83. The molecule has 23 heavy (non-hydrogen) atoms. The Morgan fingerprint density at radius 1 is 1.43 bits per heavy atom. The first-order chi connectivity index (χ1) is 10.6. The zero-order chi connectivity index (χ0) is 17.3. The number of carbonyl (C=O) groups is 1. The lowest BCUT2D eigenvalue weighted by molar-refractivity contribution is -0.137. The number of halogens is 1. The van der Waals surface area contributed by atoms with Gasteiger partial charge in [0.1, 0.15) is 11.1 Å². The van der Waals surface area contributed by atoms with E-state index >= 15 is 0 Å². The van der Waals surface area contributed by atoms with Crippen molar-refractivity contribution in [2.75, 3.05) is 6.61 Å². The third-order valence-corrected chi connectivity index (χ3v) is 5.57. The summed E-state index contributed by atoms with van der Waals surface area (Å²) in [5.41, 5.74) is -0.132. The molecule has 0 spiro atoms. The molecule has 1 aromatic carbocycles. The van der Waals surface area contributed by atoms with Crippen LogP contribution in [0.2, 0.25) is 0 Å². The largest absolute Gasteiger partial charge is 0.481 e. The molecule has 2 rings (SSSR count). The number of sulfonamides is 1. The van der Waals surface area contributed by atoms with Crippen molar-refractivity contribution >= 4 is 16.0 Å². The van der Waals surface area contributed by atoms with Gasteiger partial charge in [-0.25, -0.2) is 17.5 Å². The average molecular weight is 345 g/mol. The van der Waals surface area contributed by atoms with Crippen LogP contribution in [0.25, 0.3) is 0 Å². The van der Waals surface area contributed by atoms with Gasteiger partial charge in [-0.2, -0.15) is 0 Å². The molecule has 8 heteroatoms. The van der Waals surface area contributed by atoms with E-state index in [2.05, 4.69) is 4.72 Å². The molecule has 1 aliphatic rings. The number of nitrogens with one attached hydrogen (secondary N) is 1. The molecule has 0 aliphatic carbocycles. The van der Waals surface area contributed by atoms with Crippen LogP contribution >= 0.6 is 0 Å². The molecule has 6 nitrogen and oxygen atoms in total. The van der Waals surface area contributed by atoms with Crippen LogP contribution < -0.4 is 4.72 Å². The summed E-state index contributed by atoms with van der Waals surface area (Å²) >= 11 is 0. The Balaban J connectivity index is 2.20. The first-order valence-corrected chi connectivity index (χ1v) is 8.76. The zero-order valence-electron chi connectivity index (χ0n) is 13.0. The Kier molecular flexibility index (Phi) is 5.07. The number of carboxylic acid groups (broad SMARTS) is 1. The fourth-order valence-corrected chi connectivity index (χ4v) is 4.25. The second kappa shape index (κ2) is 6.54. The second-order valence-electron chi connectivity index (χ2n) is 6.26. The van der Waals surface area contributed by atoms with Crippen molar-refractivity contribution in [3.8, 4) is 0 Å². The highest BCUT2D eigenvalue weighted by atomic mass is 32.2. The minimum absolute atomic E-state index is 0.0611. The standard InChI is InChI=1S/C15H20FNO5S/c1-15(2)8-12(9-22-15)23(20,21)17-13(7-14(18)19)10-3-5-11(16)6-4-10/h3-6,12-13,17H,7-9H2,1-2H3,(H,18,19). The molecule has 1 aliphatic heterocycles. The molecule has 0 aromatic heterocycles. The predicted molar refractivity (Wildman–Crippen MR) is 81.9 cm³/mol. The third-order valence-electron chi connectivity index (χ3n) is 3.78. The Bertz CT molecular complexity index is 672. The van der Waals surface area contributed by atoms with Crippen molar-refractivity contribution in [2.24, 2.45) is 0 Å². The van der Waals surface area contributed by atoms with Gasteiger partial charge in [0.25, 0.3) is 0 Å². The number of hydrogen-bond acceptors (Lipinski definition) is 4. The highest BCUT2D eigenvalue weighted by Crippen LogP contribution is 2.30. The maximum Gasteiger partial charge on any atom is 0.305 e. The fraction of sp³-hybridized carbons (Fsp3) is 0.533. The molecule has 1 fully saturated rings. The molecule has 0 saturated carbocycles. The minimum Gasteiger partial charge on any atom is -0.481 e. The quantitative estimate of drug-likeness (QED) is 0.820. The molecule has 2 atom stereocenters. The van der Waals surface area contributed by atoms with Gasteiger partial charge in [-0.1, -0.05) is 12.1 Å². The van der Waals surface area contributed by atoms with E-state index in [0.29, 0.717) is 12.0 Å². The van der Waals surface area contributed by atoms with E-state index in [1.807, 2.05) is 0 Å². The monoisotopic (exact) mass is 345 g/mol. The summed E-state index contributed by atoms with van der Waals surface area (Å²) in [5, 5.41) is 8.27. The van der Waals surface area contributed by atoms with E-state index in [9.17, 15) is 17.6 Å². The number of rotatable bonds is 6. The number of benzene rings is 1. The summed E-state index contributed by atoms with van der Waals surface area (Å²) in [7, 11) is -3.77. The topological polar surface area (TPSA) is 92.7 Å². The van der Waals surface area contributed by atoms with Crippen LogP contribution in [0.1, 0.15) is 38.3 Å². The van der Waals surface area contributed by atoms with Gasteiger partial charge in [0.15, 0.2) is 0 Å². The maximum atomic E-state index is 13.0. The fourth-order valence-electron chi connectivity index (χ4n) is 2.58. The summed E-state index contributed by atoms with van der Waals surface area (Å²) in [6.07, 6.45) is -0.104. The van der Waals surface area contributed by atoms with Gasteiger partial charge >= 0.3 is 5.97 Å². The maximum absolute atomic E-state index is 13.0. The van der Waals surface area contributed by atoms with Crippen LogP contribution in [-0.4, -0.2) is 37.0 Å².